The van der Waals surface area contributed by atoms with Gasteiger partial charge in [-0.1, -0.05) is 28.7 Å². The molecule has 0 aliphatic heterocycles. The van der Waals surface area contributed by atoms with Gasteiger partial charge >= 0.3 is 0 Å². The molecule has 1 aliphatic rings. The molecular formula is C11H15I3N2O4. The molecule has 3 atom stereocenters. The van der Waals surface area contributed by atoms with E-state index in [-0.39, 0.29) is 23.0 Å². The molecule has 0 heterocycles. The summed E-state index contributed by atoms with van der Waals surface area (Å²) in [5.74, 6) is -0.380. The maximum absolute atomic E-state index is 12.2. The third kappa shape index (κ3) is 4.04. The van der Waals surface area contributed by atoms with Crippen LogP contribution in [-0.2, 0) is 4.79 Å². The lowest BCUT2D eigenvalue weighted by atomic mass is 9.89. The summed E-state index contributed by atoms with van der Waals surface area (Å²) in [6, 6.07) is 0. The second-order valence-corrected chi connectivity index (χ2v) is 7.93. The minimum Gasteiger partial charge on any atom is -0.394 e. The first-order chi connectivity index (χ1) is 9.27. The highest BCUT2D eigenvalue weighted by Gasteiger charge is 2.41. The zero-order valence-electron chi connectivity index (χ0n) is 10.3. The lowest BCUT2D eigenvalue weighted by molar-refractivity contribution is -0.117. The van der Waals surface area contributed by atoms with Crippen LogP contribution in [-0.4, -0.2) is 56.6 Å². The van der Waals surface area contributed by atoms with Crippen molar-refractivity contribution in [2.75, 3.05) is 19.8 Å². The van der Waals surface area contributed by atoms with E-state index in [9.17, 15) is 15.0 Å². The monoisotopic (exact) mass is 620 g/mol. The highest BCUT2D eigenvalue weighted by atomic mass is 127. The fourth-order valence-electron chi connectivity index (χ4n) is 1.55. The molecule has 0 saturated heterocycles. The smallest absolute Gasteiger partial charge is 0.253 e. The van der Waals surface area contributed by atoms with E-state index in [1.165, 1.54) is 0 Å². The van der Waals surface area contributed by atoms with E-state index in [0.29, 0.717) is 9.15 Å². The average molecular weight is 620 g/mol. The zero-order valence-corrected chi connectivity index (χ0v) is 16.8. The molecule has 1 amide bonds. The Bertz CT molecular complexity index is 455. The Morgan fingerprint density at radius 1 is 1.50 bits per heavy atom. The van der Waals surface area contributed by atoms with Gasteiger partial charge in [-0.2, -0.15) is 0 Å². The number of nitrogens with one attached hydrogen (secondary N) is 1. The molecule has 0 saturated carbocycles. The molecule has 6 N–H and O–H groups in total. The molecule has 20 heavy (non-hydrogen) atoms. The summed E-state index contributed by atoms with van der Waals surface area (Å²) >= 11 is 6.16. The number of amides is 1. The molecule has 6 nitrogen and oxygen atoms in total. The number of nitrogens with two attached hydrogens (primary N) is 1. The Kier molecular flexibility index (Phi) is 7.62. The Hall–Kier alpha value is 0.980. The van der Waals surface area contributed by atoms with Crippen molar-refractivity contribution >= 4 is 73.7 Å². The van der Waals surface area contributed by atoms with Crippen LogP contribution in [0.15, 0.2) is 18.8 Å². The molecule has 9 heteroatoms. The van der Waals surface area contributed by atoms with Crippen LogP contribution in [0.2, 0.25) is 0 Å². The van der Waals surface area contributed by atoms with Gasteiger partial charge in [0.05, 0.1) is 34.4 Å². The van der Waals surface area contributed by atoms with Crippen LogP contribution in [0, 0.1) is 0 Å². The van der Waals surface area contributed by atoms with Crippen molar-refractivity contribution in [3.05, 3.63) is 18.8 Å². The van der Waals surface area contributed by atoms with Gasteiger partial charge in [0, 0.05) is 13.7 Å². The maximum atomic E-state index is 12.2. The molecule has 0 aromatic heterocycles. The lowest BCUT2D eigenvalue weighted by Crippen LogP contribution is -2.53. The van der Waals surface area contributed by atoms with Crippen LogP contribution in [0.25, 0.3) is 0 Å². The van der Waals surface area contributed by atoms with E-state index in [1.54, 1.807) is 0 Å². The summed E-state index contributed by atoms with van der Waals surface area (Å²) in [6.45, 7) is -0.733. The predicted octanol–water partition coefficient (Wildman–Crippen LogP) is -0.0292. The van der Waals surface area contributed by atoms with Crippen LogP contribution in [0.4, 0.5) is 0 Å². The molecule has 1 rings (SSSR count). The Morgan fingerprint density at radius 2 is 2.10 bits per heavy atom. The van der Waals surface area contributed by atoms with Crippen molar-refractivity contribution in [2.24, 2.45) is 5.73 Å². The highest BCUT2D eigenvalue weighted by Crippen LogP contribution is 2.41. The van der Waals surface area contributed by atoms with Gasteiger partial charge in [0.15, 0.2) is 0 Å². The minimum atomic E-state index is -1.000. The molecule has 1 aliphatic carbocycles. The standard InChI is InChI=1S/C11H15I3N2O4/c12-6-1-7(13)11(15,4-18)9(14)8(6)10(20)16-2-5(19)3-17/h1,5,7,17-19H,2-4,15H2,(H,16,20). The first kappa shape index (κ1) is 19.0. The normalized spacial score (nSPS) is 28.1. The number of hydrogen-bond donors (Lipinski definition) is 5. The van der Waals surface area contributed by atoms with Crippen LogP contribution in [0.5, 0.6) is 0 Å². The fraction of sp³-hybridized carbons (Fsp3) is 0.545. The van der Waals surface area contributed by atoms with Crippen molar-refractivity contribution < 1.29 is 20.1 Å². The van der Waals surface area contributed by atoms with Crippen molar-refractivity contribution in [1.29, 1.82) is 0 Å². The second kappa shape index (κ2) is 8.01. The Morgan fingerprint density at radius 3 is 2.60 bits per heavy atom. The molecule has 0 radical (unpaired) electrons. The summed E-state index contributed by atoms with van der Waals surface area (Å²) in [5, 5.41) is 30.1. The van der Waals surface area contributed by atoms with Crippen molar-refractivity contribution in [1.82, 2.24) is 5.32 Å². The summed E-state index contributed by atoms with van der Waals surface area (Å²) < 4.78 is 1.21. The number of rotatable bonds is 5. The van der Waals surface area contributed by atoms with Crippen LogP contribution >= 0.6 is 67.8 Å². The molecule has 0 aromatic rings. The summed E-state index contributed by atoms with van der Waals surface area (Å²) in [6.07, 6.45) is 0.830. The number of aliphatic hydroxyl groups excluding tert-OH is 3. The van der Waals surface area contributed by atoms with Gasteiger partial charge in [-0.3, -0.25) is 4.79 Å². The van der Waals surface area contributed by atoms with E-state index in [1.807, 2.05) is 51.3 Å². The van der Waals surface area contributed by atoms with Crippen molar-refractivity contribution in [2.45, 2.75) is 15.6 Å². The van der Waals surface area contributed by atoms with E-state index < -0.39 is 18.2 Å². The first-order valence-corrected chi connectivity index (χ1v) is 9.07. The van der Waals surface area contributed by atoms with E-state index in [4.69, 9.17) is 10.8 Å². The fourth-order valence-corrected chi connectivity index (χ4v) is 6.13. The van der Waals surface area contributed by atoms with Crippen molar-refractivity contribution in [3.63, 3.8) is 0 Å². The SMILES string of the molecule is NC1(CO)C(I)=C(C(=O)NCC(O)CO)C(I)=CC1I. The van der Waals surface area contributed by atoms with Crippen LogP contribution in [0.3, 0.4) is 0 Å². The van der Waals surface area contributed by atoms with Gasteiger partial charge in [-0.05, 0) is 45.2 Å². The molecule has 0 aromatic carbocycles. The number of carbonyl (C=O) groups is 1. The maximum Gasteiger partial charge on any atom is 0.253 e. The van der Waals surface area contributed by atoms with Gasteiger partial charge in [0.2, 0.25) is 0 Å². The number of hydrogen-bond acceptors (Lipinski definition) is 5. The third-order valence-electron chi connectivity index (χ3n) is 2.85. The van der Waals surface area contributed by atoms with Crippen LogP contribution in [0.1, 0.15) is 0 Å². The van der Waals surface area contributed by atoms with Crippen molar-refractivity contribution in [3.8, 4) is 0 Å². The number of alkyl halides is 1. The number of aliphatic hydroxyl groups is 3. The predicted molar refractivity (Wildman–Crippen MR) is 101 cm³/mol. The number of carbonyl (C=O) groups excluding carboxylic acids is 1. The molecule has 114 valence electrons. The average Bonchev–Trinajstić information content (AvgIpc) is 2.42. The molecular weight excluding hydrogens is 605 g/mol. The van der Waals surface area contributed by atoms with Gasteiger partial charge in [0.25, 0.3) is 5.91 Å². The van der Waals surface area contributed by atoms with Gasteiger partial charge < -0.3 is 26.4 Å². The third-order valence-corrected chi connectivity index (χ3v) is 6.76. The summed E-state index contributed by atoms with van der Waals surface area (Å²) in [4.78, 5) is 12.2. The molecule has 0 fully saturated rings. The highest BCUT2D eigenvalue weighted by molar-refractivity contribution is 14.1. The largest absolute Gasteiger partial charge is 0.394 e. The van der Waals surface area contributed by atoms with E-state index in [0.717, 1.165) is 3.58 Å². The van der Waals surface area contributed by atoms with Gasteiger partial charge in [-0.25, -0.2) is 0 Å². The van der Waals surface area contributed by atoms with Gasteiger partial charge in [0.1, 0.15) is 0 Å². The van der Waals surface area contributed by atoms with E-state index in [2.05, 4.69) is 27.9 Å². The van der Waals surface area contributed by atoms with Crippen LogP contribution < -0.4 is 11.1 Å². The van der Waals surface area contributed by atoms with Gasteiger partial charge in [-0.15, -0.1) is 0 Å². The Balaban J connectivity index is 3.01. The summed E-state index contributed by atoms with van der Waals surface area (Å²) in [5.41, 5.74) is 5.59. The lowest BCUT2D eigenvalue weighted by Gasteiger charge is -2.35. The molecule has 3 unspecified atom stereocenters. The minimum absolute atomic E-state index is 0.0446. The Labute approximate surface area is 157 Å². The molecule has 0 bridgehead atoms. The van der Waals surface area contributed by atoms with E-state index >= 15 is 0 Å². The zero-order chi connectivity index (χ0) is 15.5. The topological polar surface area (TPSA) is 116 Å². The summed E-state index contributed by atoms with van der Waals surface area (Å²) in [7, 11) is 0. The first-order valence-electron chi connectivity index (χ1n) is 5.66. The quantitative estimate of drug-likeness (QED) is 0.219. The number of halogens is 3. The molecule has 0 spiro atoms. The second-order valence-electron chi connectivity index (χ2n) is 4.35.